The van der Waals surface area contributed by atoms with Crippen LogP contribution in [0.15, 0.2) is 15.9 Å². The van der Waals surface area contributed by atoms with E-state index in [4.69, 9.17) is 0 Å². The summed E-state index contributed by atoms with van der Waals surface area (Å²) in [7, 11) is 0. The van der Waals surface area contributed by atoms with Gasteiger partial charge in [0.1, 0.15) is 0 Å². The molecule has 2 N–H and O–H groups in total. The summed E-state index contributed by atoms with van der Waals surface area (Å²) in [5, 5.41) is 8.49. The molecule has 0 radical (unpaired) electrons. The molecule has 0 spiro atoms. The van der Waals surface area contributed by atoms with E-state index in [0.717, 1.165) is 17.4 Å². The molecular weight excluding hydrogens is 288 g/mol. The fourth-order valence-corrected chi connectivity index (χ4v) is 3.61. The molecule has 2 unspecified atom stereocenters. The predicted octanol–water partition coefficient (Wildman–Crippen LogP) is 2.44. The molecule has 1 aromatic rings. The van der Waals surface area contributed by atoms with Crippen molar-refractivity contribution in [2.45, 2.75) is 31.8 Å². The van der Waals surface area contributed by atoms with Gasteiger partial charge in [-0.05, 0) is 40.7 Å². The smallest absolute Gasteiger partial charge is 0.220 e. The van der Waals surface area contributed by atoms with Crippen LogP contribution in [-0.2, 0) is 4.79 Å². The Morgan fingerprint density at radius 2 is 2.56 bits per heavy atom. The number of carbonyl (C=O) groups excluding carboxylic acids is 1. The first kappa shape index (κ1) is 12.1. The Kier molecular flexibility index (Phi) is 4.00. The van der Waals surface area contributed by atoms with Gasteiger partial charge in [-0.2, -0.15) is 0 Å². The van der Waals surface area contributed by atoms with E-state index < -0.39 is 0 Å². The first-order chi connectivity index (χ1) is 7.66. The molecule has 88 valence electrons. The summed E-state index contributed by atoms with van der Waals surface area (Å²) in [6, 6.07) is 2.69. The quantitative estimate of drug-likeness (QED) is 0.897. The van der Waals surface area contributed by atoms with Crippen molar-refractivity contribution in [3.8, 4) is 0 Å². The second kappa shape index (κ2) is 5.29. The molecule has 1 aliphatic rings. The first-order valence-electron chi connectivity index (χ1n) is 5.42. The summed E-state index contributed by atoms with van der Waals surface area (Å²) in [4.78, 5) is 12.3. The largest absolute Gasteiger partial charge is 0.352 e. The summed E-state index contributed by atoms with van der Waals surface area (Å²) < 4.78 is 1.16. The van der Waals surface area contributed by atoms with E-state index in [9.17, 15) is 4.79 Å². The third-order valence-corrected chi connectivity index (χ3v) is 4.85. The van der Waals surface area contributed by atoms with Crippen molar-refractivity contribution in [1.82, 2.24) is 10.6 Å². The molecule has 2 atom stereocenters. The summed E-state index contributed by atoms with van der Waals surface area (Å²) in [5.74, 6) is 0.178. The Hall–Kier alpha value is -0.390. The van der Waals surface area contributed by atoms with Gasteiger partial charge in [0, 0.05) is 34.4 Å². The number of amides is 1. The lowest BCUT2D eigenvalue weighted by Crippen LogP contribution is -2.36. The number of nitrogens with one attached hydrogen (secondary N) is 2. The van der Waals surface area contributed by atoms with Crippen LogP contribution in [-0.4, -0.2) is 18.5 Å². The van der Waals surface area contributed by atoms with Crippen LogP contribution in [0.25, 0.3) is 0 Å². The van der Waals surface area contributed by atoms with Crippen LogP contribution in [0, 0.1) is 0 Å². The molecular formula is C11H15BrN2OS. The number of thiophene rings is 1. The van der Waals surface area contributed by atoms with E-state index in [1.54, 1.807) is 11.3 Å². The van der Waals surface area contributed by atoms with Crippen molar-refractivity contribution in [1.29, 1.82) is 0 Å². The molecule has 3 nitrogen and oxygen atoms in total. The van der Waals surface area contributed by atoms with Gasteiger partial charge >= 0.3 is 0 Å². The van der Waals surface area contributed by atoms with Crippen LogP contribution in [0.3, 0.4) is 0 Å². The highest BCUT2D eigenvalue weighted by molar-refractivity contribution is 9.10. The molecule has 1 aromatic heterocycles. The van der Waals surface area contributed by atoms with Crippen molar-refractivity contribution in [3.63, 3.8) is 0 Å². The molecule has 1 amide bonds. The van der Waals surface area contributed by atoms with Crippen molar-refractivity contribution < 1.29 is 4.79 Å². The maximum Gasteiger partial charge on any atom is 0.220 e. The van der Waals surface area contributed by atoms with Crippen LogP contribution < -0.4 is 10.6 Å². The van der Waals surface area contributed by atoms with Crippen molar-refractivity contribution in [2.75, 3.05) is 6.54 Å². The van der Waals surface area contributed by atoms with Gasteiger partial charge < -0.3 is 10.6 Å². The second-order valence-electron chi connectivity index (χ2n) is 4.07. The minimum Gasteiger partial charge on any atom is -0.352 e. The molecule has 0 bridgehead atoms. The summed E-state index contributed by atoms with van der Waals surface area (Å²) in [6.07, 6.45) is 1.62. The van der Waals surface area contributed by atoms with Gasteiger partial charge in [-0.3, -0.25) is 4.79 Å². The Morgan fingerprint density at radius 1 is 1.75 bits per heavy atom. The topological polar surface area (TPSA) is 41.1 Å². The highest BCUT2D eigenvalue weighted by Crippen LogP contribution is 2.28. The molecule has 0 saturated carbocycles. The summed E-state index contributed by atoms with van der Waals surface area (Å²) >= 11 is 5.27. The summed E-state index contributed by atoms with van der Waals surface area (Å²) in [5.41, 5.74) is 0. The molecule has 0 aliphatic carbocycles. The number of hydrogen-bond acceptors (Lipinski definition) is 3. The van der Waals surface area contributed by atoms with Crippen LogP contribution in [0.2, 0.25) is 0 Å². The molecule has 1 saturated heterocycles. The van der Waals surface area contributed by atoms with E-state index in [-0.39, 0.29) is 5.91 Å². The monoisotopic (exact) mass is 302 g/mol. The standard InChI is InChI=1S/C11H15BrN2OS/c1-7(11-9(12)4-5-16-11)13-6-8-2-3-10(15)14-8/h4-5,7-8,13H,2-3,6H2,1H3,(H,14,15). The van der Waals surface area contributed by atoms with Crippen molar-refractivity contribution >= 4 is 33.2 Å². The van der Waals surface area contributed by atoms with Gasteiger partial charge in [0.25, 0.3) is 0 Å². The van der Waals surface area contributed by atoms with Gasteiger partial charge in [0.15, 0.2) is 0 Å². The first-order valence-corrected chi connectivity index (χ1v) is 7.09. The Morgan fingerprint density at radius 3 is 3.12 bits per heavy atom. The molecule has 5 heteroatoms. The zero-order valence-corrected chi connectivity index (χ0v) is 11.5. The van der Waals surface area contributed by atoms with Gasteiger partial charge in [-0.25, -0.2) is 0 Å². The highest BCUT2D eigenvalue weighted by Gasteiger charge is 2.21. The third-order valence-electron chi connectivity index (χ3n) is 2.79. The molecule has 1 fully saturated rings. The molecule has 2 rings (SSSR count). The van der Waals surface area contributed by atoms with Crippen molar-refractivity contribution in [3.05, 3.63) is 20.8 Å². The second-order valence-corrected chi connectivity index (χ2v) is 5.87. The van der Waals surface area contributed by atoms with Crippen LogP contribution >= 0.6 is 27.3 Å². The lowest BCUT2D eigenvalue weighted by atomic mass is 10.2. The number of halogens is 1. The Labute approximate surface area is 108 Å². The van der Waals surface area contributed by atoms with Crippen LogP contribution in [0.1, 0.15) is 30.7 Å². The number of rotatable bonds is 4. The zero-order valence-electron chi connectivity index (χ0n) is 9.13. The van der Waals surface area contributed by atoms with Crippen molar-refractivity contribution in [2.24, 2.45) is 0 Å². The van der Waals surface area contributed by atoms with Gasteiger partial charge in [0.05, 0.1) is 0 Å². The normalized spacial score (nSPS) is 22.1. The molecule has 16 heavy (non-hydrogen) atoms. The van der Waals surface area contributed by atoms with Crippen LogP contribution in [0.5, 0.6) is 0 Å². The van der Waals surface area contributed by atoms with Crippen LogP contribution in [0.4, 0.5) is 0 Å². The SMILES string of the molecule is CC(NCC1CCC(=O)N1)c1sccc1Br. The maximum absolute atomic E-state index is 11.0. The van der Waals surface area contributed by atoms with Gasteiger partial charge in [-0.15, -0.1) is 11.3 Å². The minimum absolute atomic E-state index is 0.178. The highest BCUT2D eigenvalue weighted by atomic mass is 79.9. The minimum atomic E-state index is 0.178. The van der Waals surface area contributed by atoms with E-state index in [1.807, 2.05) is 0 Å². The fourth-order valence-electron chi connectivity index (χ4n) is 1.86. The Bertz CT molecular complexity index is 380. The third kappa shape index (κ3) is 2.84. The van der Waals surface area contributed by atoms with E-state index in [0.29, 0.717) is 18.5 Å². The van der Waals surface area contributed by atoms with E-state index in [2.05, 4.69) is 44.9 Å². The average Bonchev–Trinajstić information content (AvgIpc) is 2.84. The van der Waals surface area contributed by atoms with Gasteiger partial charge in [0.2, 0.25) is 5.91 Å². The number of carbonyl (C=O) groups is 1. The lowest BCUT2D eigenvalue weighted by molar-refractivity contribution is -0.119. The average molecular weight is 303 g/mol. The van der Waals surface area contributed by atoms with E-state index >= 15 is 0 Å². The Balaban J connectivity index is 1.82. The zero-order chi connectivity index (χ0) is 11.5. The number of hydrogen-bond donors (Lipinski definition) is 2. The predicted molar refractivity (Wildman–Crippen MR) is 69.6 cm³/mol. The maximum atomic E-state index is 11.0. The van der Waals surface area contributed by atoms with E-state index in [1.165, 1.54) is 4.88 Å². The lowest BCUT2D eigenvalue weighted by Gasteiger charge is -2.16. The molecule has 0 aromatic carbocycles. The summed E-state index contributed by atoms with van der Waals surface area (Å²) in [6.45, 7) is 2.99. The van der Waals surface area contributed by atoms with Gasteiger partial charge in [-0.1, -0.05) is 0 Å². The molecule has 2 heterocycles. The fraction of sp³-hybridized carbons (Fsp3) is 0.545. The molecule has 1 aliphatic heterocycles.